The van der Waals surface area contributed by atoms with E-state index < -0.39 is 21.5 Å². The van der Waals surface area contributed by atoms with Crippen molar-refractivity contribution in [1.29, 1.82) is 0 Å². The van der Waals surface area contributed by atoms with Gasteiger partial charge in [-0.05, 0) is 36.6 Å². The van der Waals surface area contributed by atoms with Crippen molar-refractivity contribution < 1.29 is 17.9 Å². The van der Waals surface area contributed by atoms with Gasteiger partial charge >= 0.3 is 0 Å². The molecule has 0 aliphatic carbocycles. The maximum Gasteiger partial charge on any atom is 0.244 e. The number of ether oxygens (including phenoxy) is 1. The van der Waals surface area contributed by atoms with Gasteiger partial charge in [0.15, 0.2) is 15.0 Å². The molecule has 184 valence electrons. The highest BCUT2D eigenvalue weighted by Crippen LogP contribution is 2.31. The largest absolute Gasteiger partial charge is 0.379 e. The molecule has 1 aliphatic heterocycles. The number of sulfone groups is 1. The Hall–Kier alpha value is -2.04. The summed E-state index contributed by atoms with van der Waals surface area (Å²) in [5, 5.41) is 0.557. The molecular formula is C24H30ClN3O4S2. The van der Waals surface area contributed by atoms with Crippen molar-refractivity contribution in [2.45, 2.75) is 24.7 Å². The first-order valence-electron chi connectivity index (χ1n) is 11.2. The van der Waals surface area contributed by atoms with Gasteiger partial charge in [-0.15, -0.1) is 12.4 Å². The lowest BCUT2D eigenvalue weighted by atomic mass is 10.1. The van der Waals surface area contributed by atoms with Crippen LogP contribution in [0.1, 0.15) is 18.9 Å². The Morgan fingerprint density at radius 3 is 2.56 bits per heavy atom. The van der Waals surface area contributed by atoms with Crippen LogP contribution in [0.25, 0.3) is 10.2 Å². The molecule has 2 aromatic carbocycles. The highest BCUT2D eigenvalue weighted by molar-refractivity contribution is 7.92. The molecule has 0 unspecified atom stereocenters. The molecule has 0 N–H and O–H groups in total. The predicted molar refractivity (Wildman–Crippen MR) is 139 cm³/mol. The third kappa shape index (κ3) is 6.34. The molecule has 0 spiro atoms. The van der Waals surface area contributed by atoms with Crippen molar-refractivity contribution in [3.8, 4) is 0 Å². The van der Waals surface area contributed by atoms with E-state index in [0.717, 1.165) is 61.5 Å². The molecule has 0 bridgehead atoms. The minimum atomic E-state index is -3.74. The van der Waals surface area contributed by atoms with Crippen LogP contribution in [0.15, 0.2) is 53.4 Å². The Labute approximate surface area is 211 Å². The number of benzene rings is 2. The van der Waals surface area contributed by atoms with Crippen LogP contribution < -0.4 is 4.90 Å². The van der Waals surface area contributed by atoms with Gasteiger partial charge in [0, 0.05) is 26.2 Å². The monoisotopic (exact) mass is 523 g/mol. The quantitative estimate of drug-likeness (QED) is 0.424. The standard InChI is InChI=1S/C24H29N3O4S2.ClH/c1-2-19-8-6-11-21-23(19)25-24(32-21)27(13-7-12-26-14-16-31-17-15-26)22(28)18-33(29,30)20-9-4-3-5-10-20;/h3-6,8-11H,2,7,12-18H2,1H3;1H. The van der Waals surface area contributed by atoms with Crippen LogP contribution in [0.4, 0.5) is 5.13 Å². The summed E-state index contributed by atoms with van der Waals surface area (Å²) < 4.78 is 32.2. The van der Waals surface area contributed by atoms with Gasteiger partial charge in [-0.2, -0.15) is 0 Å². The van der Waals surface area contributed by atoms with Gasteiger partial charge in [-0.25, -0.2) is 13.4 Å². The van der Waals surface area contributed by atoms with E-state index in [1.165, 1.54) is 23.5 Å². The number of anilines is 1. The summed E-state index contributed by atoms with van der Waals surface area (Å²) in [7, 11) is -3.74. The summed E-state index contributed by atoms with van der Waals surface area (Å²) in [4.78, 5) is 22.1. The number of aromatic nitrogens is 1. The first-order valence-corrected chi connectivity index (χ1v) is 13.7. The Morgan fingerprint density at radius 2 is 1.85 bits per heavy atom. The Kier molecular flexibility index (Phi) is 9.44. The Bertz CT molecular complexity index is 1200. The van der Waals surface area contributed by atoms with Crippen LogP contribution >= 0.6 is 23.7 Å². The summed E-state index contributed by atoms with van der Waals surface area (Å²) in [6.45, 7) is 6.50. The number of morpholine rings is 1. The van der Waals surface area contributed by atoms with Crippen LogP contribution in [0.5, 0.6) is 0 Å². The van der Waals surface area contributed by atoms with E-state index in [0.29, 0.717) is 11.7 Å². The lowest BCUT2D eigenvalue weighted by molar-refractivity contribution is -0.116. The number of hydrogen-bond donors (Lipinski definition) is 0. The molecule has 1 aliphatic rings. The molecule has 1 fully saturated rings. The molecular weight excluding hydrogens is 494 g/mol. The number of amides is 1. The van der Waals surface area contributed by atoms with Crippen molar-refractivity contribution in [3.63, 3.8) is 0 Å². The van der Waals surface area contributed by atoms with Crippen LogP contribution in [-0.2, 0) is 25.8 Å². The number of carbonyl (C=O) groups excluding carboxylic acids is 1. The molecule has 3 aromatic rings. The van der Waals surface area contributed by atoms with E-state index in [-0.39, 0.29) is 17.3 Å². The average molecular weight is 524 g/mol. The zero-order chi connectivity index (χ0) is 23.3. The average Bonchev–Trinajstić information content (AvgIpc) is 3.26. The molecule has 4 rings (SSSR count). The van der Waals surface area contributed by atoms with E-state index in [4.69, 9.17) is 9.72 Å². The third-order valence-electron chi connectivity index (χ3n) is 5.78. The second-order valence-corrected chi connectivity index (χ2v) is 11.0. The molecule has 2 heterocycles. The lowest BCUT2D eigenvalue weighted by Crippen LogP contribution is -2.40. The molecule has 0 radical (unpaired) electrons. The topological polar surface area (TPSA) is 79.8 Å². The summed E-state index contributed by atoms with van der Waals surface area (Å²) >= 11 is 1.44. The smallest absolute Gasteiger partial charge is 0.244 e. The fourth-order valence-corrected chi connectivity index (χ4v) is 6.23. The van der Waals surface area contributed by atoms with Crippen LogP contribution in [0.3, 0.4) is 0 Å². The van der Waals surface area contributed by atoms with Crippen LogP contribution in [0, 0.1) is 0 Å². The minimum Gasteiger partial charge on any atom is -0.379 e. The fraction of sp³-hybridized carbons (Fsp3) is 0.417. The molecule has 0 atom stereocenters. The van der Waals surface area contributed by atoms with Crippen molar-refractivity contribution in [2.24, 2.45) is 0 Å². The van der Waals surface area contributed by atoms with Gasteiger partial charge in [-0.1, -0.05) is 48.6 Å². The normalized spacial score (nSPS) is 14.6. The summed E-state index contributed by atoms with van der Waals surface area (Å²) in [5.74, 6) is -1.02. The first-order chi connectivity index (χ1) is 16.0. The second-order valence-electron chi connectivity index (χ2n) is 8.04. The van der Waals surface area contributed by atoms with E-state index >= 15 is 0 Å². The molecule has 34 heavy (non-hydrogen) atoms. The first kappa shape index (κ1) is 26.6. The van der Waals surface area contributed by atoms with Gasteiger partial charge in [-0.3, -0.25) is 14.6 Å². The molecule has 1 aromatic heterocycles. The van der Waals surface area contributed by atoms with Gasteiger partial charge in [0.2, 0.25) is 5.91 Å². The number of hydrogen-bond acceptors (Lipinski definition) is 7. The molecule has 1 amide bonds. The van der Waals surface area contributed by atoms with E-state index in [9.17, 15) is 13.2 Å². The Morgan fingerprint density at radius 1 is 1.12 bits per heavy atom. The maximum absolute atomic E-state index is 13.3. The number of nitrogens with zero attached hydrogens (tertiary/aromatic N) is 3. The number of para-hydroxylation sites is 1. The highest BCUT2D eigenvalue weighted by atomic mass is 35.5. The van der Waals surface area contributed by atoms with Crippen LogP contribution in [0.2, 0.25) is 0 Å². The number of fused-ring (bicyclic) bond motifs is 1. The summed E-state index contributed by atoms with van der Waals surface area (Å²) in [6, 6.07) is 14.2. The van der Waals surface area contributed by atoms with E-state index in [1.807, 2.05) is 18.2 Å². The summed E-state index contributed by atoms with van der Waals surface area (Å²) in [5.41, 5.74) is 2.00. The zero-order valence-electron chi connectivity index (χ0n) is 19.2. The van der Waals surface area contributed by atoms with Gasteiger partial charge in [0.1, 0.15) is 5.75 Å². The lowest BCUT2D eigenvalue weighted by Gasteiger charge is -2.27. The maximum atomic E-state index is 13.3. The number of carbonyl (C=O) groups is 1. The zero-order valence-corrected chi connectivity index (χ0v) is 21.6. The number of aryl methyl sites for hydroxylation is 1. The van der Waals surface area contributed by atoms with Gasteiger partial charge in [0.05, 0.1) is 28.3 Å². The number of rotatable bonds is 9. The second kappa shape index (κ2) is 12.1. The van der Waals surface area contributed by atoms with E-state index in [1.54, 1.807) is 23.1 Å². The fourth-order valence-electron chi connectivity index (χ4n) is 3.95. The molecule has 7 nitrogen and oxygen atoms in total. The number of thiazole rings is 1. The highest BCUT2D eigenvalue weighted by Gasteiger charge is 2.27. The molecule has 0 saturated carbocycles. The van der Waals surface area contributed by atoms with Crippen molar-refractivity contribution in [2.75, 3.05) is 50.0 Å². The van der Waals surface area contributed by atoms with Crippen LogP contribution in [-0.4, -0.2) is 69.4 Å². The van der Waals surface area contributed by atoms with Crippen molar-refractivity contribution in [1.82, 2.24) is 9.88 Å². The molecule has 1 saturated heterocycles. The Balaban J connectivity index is 0.00000324. The van der Waals surface area contributed by atoms with Gasteiger partial charge in [0.25, 0.3) is 0 Å². The SMILES string of the molecule is CCc1cccc2sc(N(CCCN3CCOCC3)C(=O)CS(=O)(=O)c3ccccc3)nc12.Cl. The molecule has 10 heteroatoms. The minimum absolute atomic E-state index is 0. The van der Waals surface area contributed by atoms with Gasteiger partial charge < -0.3 is 4.74 Å². The summed E-state index contributed by atoms with van der Waals surface area (Å²) in [6.07, 6.45) is 1.57. The van der Waals surface area contributed by atoms with E-state index in [2.05, 4.69) is 11.8 Å². The third-order valence-corrected chi connectivity index (χ3v) is 8.44. The number of halogens is 1. The predicted octanol–water partition coefficient (Wildman–Crippen LogP) is 3.81. The van der Waals surface area contributed by atoms with Crippen molar-refractivity contribution in [3.05, 3.63) is 54.1 Å². The van der Waals surface area contributed by atoms with Crippen molar-refractivity contribution >= 4 is 54.8 Å².